The van der Waals surface area contributed by atoms with Gasteiger partial charge in [-0.25, -0.2) is 17.9 Å². The molecule has 1 aliphatic heterocycles. The first-order valence-electron chi connectivity index (χ1n) is 10.9. The molecule has 1 atom stereocenters. The van der Waals surface area contributed by atoms with E-state index in [1.54, 1.807) is 10.7 Å². The van der Waals surface area contributed by atoms with E-state index < -0.39 is 14.6 Å². The van der Waals surface area contributed by atoms with Gasteiger partial charge in [-0.2, -0.15) is 10.2 Å². The normalized spacial score (nSPS) is 23.4. The summed E-state index contributed by atoms with van der Waals surface area (Å²) in [6, 6.07) is 4.15. The van der Waals surface area contributed by atoms with Crippen LogP contribution < -0.4 is 4.90 Å². The molecule has 0 unspecified atom stereocenters. The summed E-state index contributed by atoms with van der Waals surface area (Å²) in [5.41, 5.74) is 4.13. The Morgan fingerprint density at radius 3 is 2.74 bits per heavy atom. The Labute approximate surface area is 180 Å². The van der Waals surface area contributed by atoms with E-state index in [-0.39, 0.29) is 6.04 Å². The van der Waals surface area contributed by atoms with Gasteiger partial charge in [-0.05, 0) is 38.7 Å². The van der Waals surface area contributed by atoms with Crippen molar-refractivity contribution in [3.05, 3.63) is 29.7 Å². The molecule has 2 saturated carbocycles. The molecule has 1 N–H and O–H groups in total. The molecule has 3 aromatic rings. The van der Waals surface area contributed by atoms with Crippen molar-refractivity contribution < 1.29 is 13.2 Å². The number of aromatic nitrogens is 5. The third kappa shape index (κ3) is 2.99. The average molecular weight is 443 g/mol. The molecule has 0 aromatic carbocycles. The zero-order valence-corrected chi connectivity index (χ0v) is 18.5. The molecular formula is C21H26N6O3S. The number of morpholine rings is 1. The van der Waals surface area contributed by atoms with E-state index in [0.29, 0.717) is 43.3 Å². The second kappa shape index (κ2) is 6.52. The summed E-state index contributed by atoms with van der Waals surface area (Å²) >= 11 is 0. The lowest BCUT2D eigenvalue weighted by molar-refractivity contribution is 0.0985. The molecule has 4 heterocycles. The van der Waals surface area contributed by atoms with Gasteiger partial charge >= 0.3 is 0 Å². The van der Waals surface area contributed by atoms with Crippen LogP contribution in [0.2, 0.25) is 0 Å². The summed E-state index contributed by atoms with van der Waals surface area (Å²) in [4.78, 5) is 7.17. The molecule has 3 aromatic heterocycles. The Morgan fingerprint density at radius 1 is 1.26 bits per heavy atom. The first kappa shape index (κ1) is 19.2. The smallest absolute Gasteiger partial charge is 0.167 e. The predicted molar refractivity (Wildman–Crippen MR) is 116 cm³/mol. The van der Waals surface area contributed by atoms with E-state index in [2.05, 4.69) is 33.2 Å². The lowest BCUT2D eigenvalue weighted by atomic mass is 10.2. The Morgan fingerprint density at radius 2 is 2.06 bits per heavy atom. The number of anilines is 1. The maximum atomic E-state index is 12.8. The monoisotopic (exact) mass is 442 g/mol. The molecule has 0 amide bonds. The number of fused-ring (bicyclic) bond motifs is 1. The number of ether oxygens (including phenoxy) is 1. The number of H-pyrrole nitrogens is 1. The maximum absolute atomic E-state index is 12.8. The van der Waals surface area contributed by atoms with Gasteiger partial charge in [0.25, 0.3) is 0 Å². The van der Waals surface area contributed by atoms with Gasteiger partial charge < -0.3 is 9.64 Å². The van der Waals surface area contributed by atoms with Crippen molar-refractivity contribution in [2.45, 2.75) is 49.3 Å². The second-order valence-corrected chi connectivity index (χ2v) is 11.5. The van der Waals surface area contributed by atoms with Crippen LogP contribution in [-0.4, -0.2) is 65.3 Å². The van der Waals surface area contributed by atoms with Crippen LogP contribution in [0.3, 0.4) is 0 Å². The highest BCUT2D eigenvalue weighted by atomic mass is 32.2. The quantitative estimate of drug-likeness (QED) is 0.646. The first-order valence-corrected chi connectivity index (χ1v) is 12.8. The summed E-state index contributed by atoms with van der Waals surface area (Å²) in [6.07, 6.45) is 6.66. The molecule has 3 fully saturated rings. The van der Waals surface area contributed by atoms with Crippen molar-refractivity contribution in [2.24, 2.45) is 0 Å². The average Bonchev–Trinajstić information content (AvgIpc) is 3.65. The summed E-state index contributed by atoms with van der Waals surface area (Å²) in [6.45, 7) is 4.06. The van der Waals surface area contributed by atoms with Crippen LogP contribution in [-0.2, 0) is 19.3 Å². The standard InChI is InChI=1S/C21H26N6O3S/c1-13-12-30-8-7-26(13)19-10-18(21(5-6-21)31(2,28)29)27-20(23-19)15(11-22-27)17-9-16(24-25-17)14-3-4-14/h9-11,13-14H,3-8,12H2,1-2H3,(H,24,25)/t13-/m1/s1. The number of sulfone groups is 1. The fourth-order valence-electron chi connectivity index (χ4n) is 4.67. The van der Waals surface area contributed by atoms with Gasteiger partial charge in [-0.15, -0.1) is 0 Å². The molecule has 0 bridgehead atoms. The van der Waals surface area contributed by atoms with Crippen LogP contribution in [0.25, 0.3) is 16.9 Å². The highest BCUT2D eigenvalue weighted by Crippen LogP contribution is 2.53. The number of hydrogen-bond acceptors (Lipinski definition) is 7. The van der Waals surface area contributed by atoms with Crippen molar-refractivity contribution in [3.63, 3.8) is 0 Å². The van der Waals surface area contributed by atoms with E-state index in [4.69, 9.17) is 9.72 Å². The highest BCUT2D eigenvalue weighted by Gasteiger charge is 2.56. The van der Waals surface area contributed by atoms with Gasteiger partial charge in [-0.1, -0.05) is 0 Å². The largest absolute Gasteiger partial charge is 0.377 e. The van der Waals surface area contributed by atoms with Gasteiger partial charge in [-0.3, -0.25) is 5.10 Å². The lowest BCUT2D eigenvalue weighted by Gasteiger charge is -2.34. The number of rotatable bonds is 5. The minimum Gasteiger partial charge on any atom is -0.377 e. The molecule has 1 saturated heterocycles. The fraction of sp³-hybridized carbons (Fsp3) is 0.571. The molecule has 0 radical (unpaired) electrons. The molecule has 31 heavy (non-hydrogen) atoms. The Bertz CT molecular complexity index is 1270. The minimum atomic E-state index is -3.30. The third-order valence-corrected chi connectivity index (χ3v) is 8.92. The zero-order chi connectivity index (χ0) is 21.4. The summed E-state index contributed by atoms with van der Waals surface area (Å²) in [5, 5.41) is 12.2. The van der Waals surface area contributed by atoms with Gasteiger partial charge in [0.05, 0.1) is 48.1 Å². The van der Waals surface area contributed by atoms with Crippen molar-refractivity contribution in [3.8, 4) is 11.3 Å². The van der Waals surface area contributed by atoms with Crippen molar-refractivity contribution in [1.29, 1.82) is 0 Å². The highest BCUT2D eigenvalue weighted by molar-refractivity contribution is 7.91. The maximum Gasteiger partial charge on any atom is 0.167 e. The van der Waals surface area contributed by atoms with E-state index in [1.165, 1.54) is 19.1 Å². The van der Waals surface area contributed by atoms with Crippen LogP contribution in [0.4, 0.5) is 5.82 Å². The van der Waals surface area contributed by atoms with Crippen LogP contribution in [0, 0.1) is 0 Å². The Kier molecular flexibility index (Phi) is 4.05. The molecule has 10 heteroatoms. The molecular weight excluding hydrogens is 416 g/mol. The van der Waals surface area contributed by atoms with Gasteiger partial charge in [0.15, 0.2) is 15.5 Å². The summed E-state index contributed by atoms with van der Waals surface area (Å²) in [5.74, 6) is 1.32. The van der Waals surface area contributed by atoms with Crippen LogP contribution in [0.1, 0.15) is 49.9 Å². The van der Waals surface area contributed by atoms with Crippen molar-refractivity contribution in [1.82, 2.24) is 24.8 Å². The SMILES string of the molecule is C[C@@H]1COCCN1c1cc(C2(S(C)(=O)=O)CC2)n2ncc(-c3cc(C4CC4)n[nH]3)c2n1. The van der Waals surface area contributed by atoms with Gasteiger partial charge in [0.2, 0.25) is 0 Å². The minimum absolute atomic E-state index is 0.157. The van der Waals surface area contributed by atoms with Crippen LogP contribution >= 0.6 is 0 Å². The Balaban J connectivity index is 1.55. The number of nitrogens with one attached hydrogen (secondary N) is 1. The summed E-state index contributed by atoms with van der Waals surface area (Å²) in [7, 11) is -3.30. The number of nitrogens with zero attached hydrogens (tertiary/aromatic N) is 5. The summed E-state index contributed by atoms with van der Waals surface area (Å²) < 4.78 is 31.9. The molecule has 3 aliphatic rings. The molecule has 0 spiro atoms. The molecule has 9 nitrogen and oxygen atoms in total. The first-order chi connectivity index (χ1) is 14.9. The van der Waals surface area contributed by atoms with E-state index >= 15 is 0 Å². The predicted octanol–water partition coefficient (Wildman–Crippen LogP) is 2.26. The van der Waals surface area contributed by atoms with E-state index in [1.807, 2.05) is 6.07 Å². The molecule has 6 rings (SSSR count). The Hall–Kier alpha value is -2.46. The lowest BCUT2D eigenvalue weighted by Crippen LogP contribution is -2.44. The van der Waals surface area contributed by atoms with Crippen molar-refractivity contribution in [2.75, 3.05) is 30.9 Å². The fourth-order valence-corrected chi connectivity index (χ4v) is 6.04. The van der Waals surface area contributed by atoms with E-state index in [9.17, 15) is 8.42 Å². The second-order valence-electron chi connectivity index (χ2n) is 9.16. The van der Waals surface area contributed by atoms with Crippen LogP contribution in [0.15, 0.2) is 18.3 Å². The van der Waals surface area contributed by atoms with Gasteiger partial charge in [0.1, 0.15) is 10.6 Å². The van der Waals surface area contributed by atoms with Gasteiger partial charge in [0, 0.05) is 24.8 Å². The number of aromatic amines is 1. The third-order valence-electron chi connectivity index (χ3n) is 6.88. The topological polar surface area (TPSA) is 105 Å². The number of hydrogen-bond donors (Lipinski definition) is 1. The molecule has 2 aliphatic carbocycles. The molecule has 164 valence electrons. The van der Waals surface area contributed by atoms with E-state index in [0.717, 1.165) is 29.3 Å². The zero-order valence-electron chi connectivity index (χ0n) is 17.7. The van der Waals surface area contributed by atoms with Crippen molar-refractivity contribution >= 4 is 21.3 Å². The van der Waals surface area contributed by atoms with Crippen LogP contribution in [0.5, 0.6) is 0 Å².